The fourth-order valence-electron chi connectivity index (χ4n) is 3.13. The molecule has 2 aromatic heterocycles. The number of fused-ring (bicyclic) bond motifs is 1. The summed E-state index contributed by atoms with van der Waals surface area (Å²) in [6.07, 6.45) is 3.56. The molecule has 3 aromatic rings. The van der Waals surface area contributed by atoms with Crippen LogP contribution in [0.4, 0.5) is 5.82 Å². The van der Waals surface area contributed by atoms with E-state index in [1.165, 1.54) is 0 Å². The van der Waals surface area contributed by atoms with Crippen LogP contribution in [0.25, 0.3) is 22.2 Å². The van der Waals surface area contributed by atoms with Gasteiger partial charge >= 0.3 is 0 Å². The first kappa shape index (κ1) is 15.7. The van der Waals surface area contributed by atoms with Gasteiger partial charge in [0.25, 0.3) is 5.56 Å². The van der Waals surface area contributed by atoms with Gasteiger partial charge in [-0.1, -0.05) is 12.1 Å². The Morgan fingerprint density at radius 2 is 1.92 bits per heavy atom. The van der Waals surface area contributed by atoms with Crippen molar-refractivity contribution in [2.75, 3.05) is 31.1 Å². The molecule has 1 saturated heterocycles. The van der Waals surface area contributed by atoms with Crippen molar-refractivity contribution < 1.29 is 0 Å². The highest BCUT2D eigenvalue weighted by Crippen LogP contribution is 2.24. The number of hydrogen-bond donors (Lipinski definition) is 1. The second-order valence-corrected chi connectivity index (χ2v) is 6.22. The third-order valence-corrected chi connectivity index (χ3v) is 4.69. The molecular formula is C18H20N6O. The highest BCUT2D eigenvalue weighted by atomic mass is 16.1. The molecule has 0 radical (unpaired) electrons. The largest absolute Gasteiger partial charge is 0.353 e. The Morgan fingerprint density at radius 1 is 1.12 bits per heavy atom. The van der Waals surface area contributed by atoms with E-state index in [-0.39, 0.29) is 5.56 Å². The number of aryl methyl sites for hydroxylation is 1. The number of benzene rings is 1. The van der Waals surface area contributed by atoms with Crippen LogP contribution in [0.3, 0.4) is 0 Å². The van der Waals surface area contributed by atoms with E-state index in [4.69, 9.17) is 0 Å². The van der Waals surface area contributed by atoms with Crippen LogP contribution in [0.1, 0.15) is 5.82 Å². The second kappa shape index (κ2) is 6.25. The SMILES string of the molecule is Cc1nc2c(-c3cnc(N4CCNCC4)cn3)cccc2c(=O)n1C. The maximum Gasteiger partial charge on any atom is 0.261 e. The molecule has 1 aromatic carbocycles. The molecule has 1 aliphatic rings. The van der Waals surface area contributed by atoms with Crippen molar-refractivity contribution in [3.8, 4) is 11.3 Å². The number of anilines is 1. The molecule has 128 valence electrons. The molecule has 1 N–H and O–H groups in total. The topological polar surface area (TPSA) is 75.9 Å². The molecule has 7 heteroatoms. The Bertz CT molecular complexity index is 973. The highest BCUT2D eigenvalue weighted by molar-refractivity contribution is 5.92. The third-order valence-electron chi connectivity index (χ3n) is 4.69. The number of nitrogens with one attached hydrogen (secondary N) is 1. The van der Waals surface area contributed by atoms with Crippen LogP contribution in [-0.2, 0) is 7.05 Å². The number of hydrogen-bond acceptors (Lipinski definition) is 6. The fourth-order valence-corrected chi connectivity index (χ4v) is 3.13. The first-order valence-corrected chi connectivity index (χ1v) is 8.39. The average molecular weight is 336 g/mol. The highest BCUT2D eigenvalue weighted by Gasteiger charge is 2.14. The molecule has 0 bridgehead atoms. The average Bonchev–Trinajstić information content (AvgIpc) is 2.67. The Hall–Kier alpha value is -2.80. The summed E-state index contributed by atoms with van der Waals surface area (Å²) < 4.78 is 1.56. The minimum Gasteiger partial charge on any atom is -0.353 e. The van der Waals surface area contributed by atoms with E-state index in [2.05, 4.69) is 25.2 Å². The quantitative estimate of drug-likeness (QED) is 0.755. The normalized spacial score (nSPS) is 14.9. The summed E-state index contributed by atoms with van der Waals surface area (Å²) in [5, 5.41) is 3.92. The van der Waals surface area contributed by atoms with Crippen molar-refractivity contribution in [1.82, 2.24) is 24.8 Å². The molecule has 0 unspecified atom stereocenters. The zero-order chi connectivity index (χ0) is 17.4. The van der Waals surface area contributed by atoms with Gasteiger partial charge in [-0.25, -0.2) is 9.97 Å². The van der Waals surface area contributed by atoms with Crippen LogP contribution >= 0.6 is 0 Å². The van der Waals surface area contributed by atoms with Crippen molar-refractivity contribution in [2.24, 2.45) is 7.05 Å². The molecule has 3 heterocycles. The standard InChI is InChI=1S/C18H20N6O/c1-12-22-17-13(4-3-5-14(17)18(25)23(12)2)15-10-21-16(11-20-15)24-8-6-19-7-9-24/h3-5,10-11,19H,6-9H2,1-2H3. The van der Waals surface area contributed by atoms with E-state index in [0.717, 1.165) is 43.3 Å². The molecule has 0 spiro atoms. The lowest BCUT2D eigenvalue weighted by Crippen LogP contribution is -2.43. The first-order chi connectivity index (χ1) is 12.1. The number of piperazine rings is 1. The van der Waals surface area contributed by atoms with E-state index >= 15 is 0 Å². The molecule has 0 amide bonds. The van der Waals surface area contributed by atoms with Crippen molar-refractivity contribution in [2.45, 2.75) is 6.92 Å². The molecule has 4 rings (SSSR count). The Labute approximate surface area is 145 Å². The second-order valence-electron chi connectivity index (χ2n) is 6.22. The minimum atomic E-state index is -0.0465. The Morgan fingerprint density at radius 3 is 2.64 bits per heavy atom. The lowest BCUT2D eigenvalue weighted by Gasteiger charge is -2.28. The molecule has 0 saturated carbocycles. The predicted octanol–water partition coefficient (Wildman–Crippen LogP) is 1.11. The number of nitrogens with zero attached hydrogens (tertiary/aromatic N) is 5. The van der Waals surface area contributed by atoms with E-state index in [9.17, 15) is 4.79 Å². The van der Waals surface area contributed by atoms with Gasteiger partial charge in [-0.2, -0.15) is 0 Å². The van der Waals surface area contributed by atoms with Gasteiger partial charge in [0.1, 0.15) is 11.6 Å². The van der Waals surface area contributed by atoms with Gasteiger partial charge in [0.15, 0.2) is 0 Å². The van der Waals surface area contributed by atoms with Gasteiger partial charge < -0.3 is 10.2 Å². The molecule has 1 aliphatic heterocycles. The maximum absolute atomic E-state index is 12.5. The van der Waals surface area contributed by atoms with Gasteiger partial charge in [0.05, 0.1) is 29.0 Å². The van der Waals surface area contributed by atoms with Gasteiger partial charge in [-0.3, -0.25) is 14.3 Å². The summed E-state index contributed by atoms with van der Waals surface area (Å²) in [5.41, 5.74) is 2.18. The lowest BCUT2D eigenvalue weighted by atomic mass is 10.1. The number of rotatable bonds is 2. The van der Waals surface area contributed by atoms with Crippen molar-refractivity contribution in [1.29, 1.82) is 0 Å². The van der Waals surface area contributed by atoms with Crippen LogP contribution in [0.5, 0.6) is 0 Å². The van der Waals surface area contributed by atoms with Gasteiger partial charge in [0.2, 0.25) is 0 Å². The maximum atomic E-state index is 12.5. The first-order valence-electron chi connectivity index (χ1n) is 8.39. The van der Waals surface area contributed by atoms with Gasteiger partial charge in [0, 0.05) is 38.8 Å². The molecule has 1 fully saturated rings. The molecule has 0 aliphatic carbocycles. The minimum absolute atomic E-state index is 0.0465. The molecular weight excluding hydrogens is 316 g/mol. The van der Waals surface area contributed by atoms with Gasteiger partial charge in [-0.05, 0) is 13.0 Å². The van der Waals surface area contributed by atoms with Crippen LogP contribution < -0.4 is 15.8 Å². The zero-order valence-corrected chi connectivity index (χ0v) is 14.4. The summed E-state index contributed by atoms with van der Waals surface area (Å²) in [6.45, 7) is 5.60. The smallest absolute Gasteiger partial charge is 0.261 e. The monoisotopic (exact) mass is 336 g/mol. The van der Waals surface area contributed by atoms with E-state index in [1.807, 2.05) is 19.1 Å². The number of aromatic nitrogens is 4. The third kappa shape index (κ3) is 2.76. The van der Waals surface area contributed by atoms with Crippen LogP contribution in [0.15, 0.2) is 35.4 Å². The lowest BCUT2D eigenvalue weighted by molar-refractivity contribution is 0.584. The summed E-state index contributed by atoms with van der Waals surface area (Å²) in [4.78, 5) is 28.4. The summed E-state index contributed by atoms with van der Waals surface area (Å²) in [5.74, 6) is 1.56. The Kier molecular flexibility index (Phi) is 3.93. The molecule has 7 nitrogen and oxygen atoms in total. The summed E-state index contributed by atoms with van der Waals surface area (Å²) in [6, 6.07) is 5.60. The van der Waals surface area contributed by atoms with Crippen LogP contribution in [-0.4, -0.2) is 45.7 Å². The Balaban J connectivity index is 1.78. The zero-order valence-electron chi connectivity index (χ0n) is 14.4. The molecule has 25 heavy (non-hydrogen) atoms. The van der Waals surface area contributed by atoms with E-state index < -0.39 is 0 Å². The van der Waals surface area contributed by atoms with Gasteiger partial charge in [-0.15, -0.1) is 0 Å². The summed E-state index contributed by atoms with van der Waals surface area (Å²) >= 11 is 0. The van der Waals surface area contributed by atoms with Crippen molar-refractivity contribution >= 4 is 16.7 Å². The number of para-hydroxylation sites is 1. The van der Waals surface area contributed by atoms with Crippen LogP contribution in [0.2, 0.25) is 0 Å². The predicted molar refractivity (Wildman–Crippen MR) is 97.8 cm³/mol. The van der Waals surface area contributed by atoms with Crippen LogP contribution in [0, 0.1) is 6.92 Å². The van der Waals surface area contributed by atoms with E-state index in [1.54, 1.807) is 30.1 Å². The van der Waals surface area contributed by atoms with E-state index in [0.29, 0.717) is 16.7 Å². The fraction of sp³-hybridized carbons (Fsp3) is 0.333. The summed E-state index contributed by atoms with van der Waals surface area (Å²) in [7, 11) is 1.73. The molecule has 0 atom stereocenters. The van der Waals surface area contributed by atoms with Crippen molar-refractivity contribution in [3.05, 3.63) is 46.8 Å². The van der Waals surface area contributed by atoms with Crippen molar-refractivity contribution in [3.63, 3.8) is 0 Å².